The Morgan fingerprint density at radius 3 is 2.70 bits per heavy atom. The summed E-state index contributed by atoms with van der Waals surface area (Å²) in [6.07, 6.45) is 2.65. The van der Waals surface area contributed by atoms with E-state index in [1.54, 1.807) is 0 Å². The monoisotopic (exact) mass is 269 g/mol. The Labute approximate surface area is 118 Å². The number of aliphatic hydroxyl groups excluding tert-OH is 1. The van der Waals surface area contributed by atoms with E-state index in [0.29, 0.717) is 12.1 Å². The summed E-state index contributed by atoms with van der Waals surface area (Å²) in [6.45, 7) is 0.562. The van der Waals surface area contributed by atoms with Gasteiger partial charge in [-0.25, -0.2) is 0 Å². The van der Waals surface area contributed by atoms with Gasteiger partial charge >= 0.3 is 0 Å². The highest BCUT2D eigenvalue weighted by Gasteiger charge is 2.25. The Bertz CT molecular complexity index is 623. The van der Waals surface area contributed by atoms with Crippen LogP contribution in [0, 0.1) is 5.92 Å². The van der Waals surface area contributed by atoms with Gasteiger partial charge in [-0.3, -0.25) is 4.79 Å². The van der Waals surface area contributed by atoms with Gasteiger partial charge in [-0.2, -0.15) is 0 Å². The Morgan fingerprint density at radius 2 is 1.95 bits per heavy atom. The van der Waals surface area contributed by atoms with Crippen LogP contribution in [0.4, 0.5) is 0 Å². The van der Waals surface area contributed by atoms with Gasteiger partial charge in [0, 0.05) is 18.0 Å². The molecule has 1 aliphatic carbocycles. The molecule has 1 saturated carbocycles. The van der Waals surface area contributed by atoms with E-state index in [0.717, 1.165) is 30.0 Å². The minimum Gasteiger partial charge on any atom is -0.393 e. The van der Waals surface area contributed by atoms with Crippen molar-refractivity contribution in [3.05, 3.63) is 48.0 Å². The van der Waals surface area contributed by atoms with Crippen LogP contribution in [-0.2, 0) is 0 Å². The first kappa shape index (κ1) is 13.1. The molecule has 1 amide bonds. The summed E-state index contributed by atoms with van der Waals surface area (Å²) in [6, 6.07) is 13.7. The number of hydrogen-bond donors (Lipinski definition) is 2. The van der Waals surface area contributed by atoms with E-state index in [4.69, 9.17) is 0 Å². The first-order valence-electron chi connectivity index (χ1n) is 7.19. The van der Waals surface area contributed by atoms with Crippen molar-refractivity contribution in [1.82, 2.24) is 5.32 Å². The van der Waals surface area contributed by atoms with Crippen molar-refractivity contribution in [2.24, 2.45) is 5.92 Å². The van der Waals surface area contributed by atoms with Crippen LogP contribution in [0.2, 0.25) is 0 Å². The van der Waals surface area contributed by atoms with Crippen molar-refractivity contribution in [2.45, 2.75) is 25.4 Å². The van der Waals surface area contributed by atoms with Gasteiger partial charge in [0.15, 0.2) is 0 Å². The number of nitrogens with one attached hydrogen (secondary N) is 1. The lowest BCUT2D eigenvalue weighted by Crippen LogP contribution is -2.32. The van der Waals surface area contributed by atoms with Gasteiger partial charge in [-0.15, -0.1) is 0 Å². The maximum atomic E-state index is 12.2. The third-order valence-electron chi connectivity index (χ3n) is 4.16. The minimum atomic E-state index is -0.257. The molecular formula is C17H19NO2. The second-order valence-corrected chi connectivity index (χ2v) is 5.53. The largest absolute Gasteiger partial charge is 0.393 e. The van der Waals surface area contributed by atoms with Crippen LogP contribution < -0.4 is 5.32 Å². The second-order valence-electron chi connectivity index (χ2n) is 5.53. The van der Waals surface area contributed by atoms with Gasteiger partial charge in [0.2, 0.25) is 0 Å². The summed E-state index contributed by atoms with van der Waals surface area (Å²) in [4.78, 5) is 12.2. The van der Waals surface area contributed by atoms with Crippen molar-refractivity contribution in [3.8, 4) is 0 Å². The van der Waals surface area contributed by atoms with Crippen molar-refractivity contribution < 1.29 is 9.90 Å². The third-order valence-corrected chi connectivity index (χ3v) is 4.16. The number of amides is 1. The number of carbonyl (C=O) groups is 1. The number of rotatable bonds is 3. The molecule has 1 aliphatic rings. The van der Waals surface area contributed by atoms with Crippen molar-refractivity contribution >= 4 is 16.7 Å². The van der Waals surface area contributed by atoms with Gasteiger partial charge in [-0.1, -0.05) is 36.8 Å². The topological polar surface area (TPSA) is 49.3 Å². The number of hydrogen-bond acceptors (Lipinski definition) is 2. The molecule has 0 aromatic heterocycles. The van der Waals surface area contributed by atoms with E-state index >= 15 is 0 Å². The Morgan fingerprint density at radius 1 is 1.15 bits per heavy atom. The van der Waals surface area contributed by atoms with Gasteiger partial charge in [-0.05, 0) is 35.7 Å². The molecule has 1 fully saturated rings. The lowest BCUT2D eigenvalue weighted by atomic mass is 10.0. The predicted molar refractivity (Wildman–Crippen MR) is 79.6 cm³/mol. The Hall–Kier alpha value is -1.87. The molecular weight excluding hydrogens is 250 g/mol. The molecule has 0 spiro atoms. The first-order valence-corrected chi connectivity index (χ1v) is 7.19. The van der Waals surface area contributed by atoms with Crippen LogP contribution in [0.3, 0.4) is 0 Å². The molecule has 3 heteroatoms. The lowest BCUT2D eigenvalue weighted by molar-refractivity contribution is 0.0917. The van der Waals surface area contributed by atoms with E-state index in [-0.39, 0.29) is 17.9 Å². The fourth-order valence-electron chi connectivity index (χ4n) is 2.91. The van der Waals surface area contributed by atoms with Crippen LogP contribution in [0.1, 0.15) is 29.6 Å². The molecule has 2 unspecified atom stereocenters. The number of carbonyl (C=O) groups excluding carboxylic acids is 1. The standard InChI is InChI=1S/C17H19NO2/c19-16-7-3-6-15(16)11-18-17(20)14-9-8-12-4-1-2-5-13(12)10-14/h1-2,4-5,8-10,15-16,19H,3,6-7,11H2,(H,18,20). The zero-order valence-corrected chi connectivity index (χ0v) is 11.4. The van der Waals surface area contributed by atoms with Gasteiger partial charge < -0.3 is 10.4 Å². The first-order chi connectivity index (χ1) is 9.74. The van der Waals surface area contributed by atoms with Gasteiger partial charge in [0.1, 0.15) is 0 Å². The van der Waals surface area contributed by atoms with Crippen molar-refractivity contribution in [3.63, 3.8) is 0 Å². The molecule has 0 bridgehead atoms. The zero-order valence-electron chi connectivity index (χ0n) is 11.4. The highest BCUT2D eigenvalue weighted by Crippen LogP contribution is 2.24. The summed E-state index contributed by atoms with van der Waals surface area (Å²) < 4.78 is 0. The predicted octanol–water partition coefficient (Wildman–Crippen LogP) is 2.73. The van der Waals surface area contributed by atoms with Gasteiger partial charge in [0.05, 0.1) is 6.10 Å². The van der Waals surface area contributed by atoms with E-state index in [1.807, 2.05) is 42.5 Å². The minimum absolute atomic E-state index is 0.0603. The average Bonchev–Trinajstić information content (AvgIpc) is 2.89. The molecule has 20 heavy (non-hydrogen) atoms. The van der Waals surface area contributed by atoms with Gasteiger partial charge in [0.25, 0.3) is 5.91 Å². The second kappa shape index (κ2) is 5.63. The summed E-state index contributed by atoms with van der Waals surface area (Å²) >= 11 is 0. The fourth-order valence-corrected chi connectivity index (χ4v) is 2.91. The fraction of sp³-hybridized carbons (Fsp3) is 0.353. The third kappa shape index (κ3) is 2.68. The SMILES string of the molecule is O=C(NCC1CCCC1O)c1ccc2ccccc2c1. The van der Waals surface area contributed by atoms with Crippen LogP contribution >= 0.6 is 0 Å². The van der Waals surface area contributed by atoms with E-state index in [9.17, 15) is 9.90 Å². The summed E-state index contributed by atoms with van der Waals surface area (Å²) in [7, 11) is 0. The quantitative estimate of drug-likeness (QED) is 0.900. The molecule has 2 aromatic rings. The maximum absolute atomic E-state index is 12.2. The van der Waals surface area contributed by atoms with Crippen LogP contribution in [0.5, 0.6) is 0 Å². The lowest BCUT2D eigenvalue weighted by Gasteiger charge is -2.15. The number of benzene rings is 2. The molecule has 0 aliphatic heterocycles. The van der Waals surface area contributed by atoms with Crippen molar-refractivity contribution in [1.29, 1.82) is 0 Å². The zero-order chi connectivity index (χ0) is 13.9. The van der Waals surface area contributed by atoms with Crippen molar-refractivity contribution in [2.75, 3.05) is 6.54 Å². The summed E-state index contributed by atoms with van der Waals surface area (Å²) in [5.74, 6) is 0.147. The number of fused-ring (bicyclic) bond motifs is 1. The molecule has 104 valence electrons. The van der Waals surface area contributed by atoms with Crippen LogP contribution in [-0.4, -0.2) is 23.7 Å². The number of aliphatic hydroxyl groups is 1. The van der Waals surface area contributed by atoms with E-state index < -0.39 is 0 Å². The smallest absolute Gasteiger partial charge is 0.251 e. The molecule has 0 saturated heterocycles. The molecule has 2 atom stereocenters. The normalized spacial score (nSPS) is 22.1. The molecule has 3 rings (SSSR count). The average molecular weight is 269 g/mol. The molecule has 0 heterocycles. The highest BCUT2D eigenvalue weighted by atomic mass is 16.3. The van der Waals surface area contributed by atoms with Crippen LogP contribution in [0.15, 0.2) is 42.5 Å². The maximum Gasteiger partial charge on any atom is 0.251 e. The highest BCUT2D eigenvalue weighted by molar-refractivity contribution is 5.98. The van der Waals surface area contributed by atoms with E-state index in [1.165, 1.54) is 0 Å². The molecule has 2 aromatic carbocycles. The molecule has 0 radical (unpaired) electrons. The Balaban J connectivity index is 1.69. The van der Waals surface area contributed by atoms with Crippen LogP contribution in [0.25, 0.3) is 10.8 Å². The molecule has 2 N–H and O–H groups in total. The Kier molecular flexibility index (Phi) is 3.70. The van der Waals surface area contributed by atoms with E-state index in [2.05, 4.69) is 5.32 Å². The summed E-state index contributed by atoms with van der Waals surface area (Å²) in [5, 5.41) is 14.9. The summed E-state index contributed by atoms with van der Waals surface area (Å²) in [5.41, 5.74) is 0.677. The molecule has 3 nitrogen and oxygen atoms in total.